The Balaban J connectivity index is 1.81. The third-order valence-corrected chi connectivity index (χ3v) is 7.24. The van der Waals surface area contributed by atoms with Gasteiger partial charge in [0.15, 0.2) is 5.82 Å². The minimum absolute atomic E-state index is 0.104. The molecule has 224 valence electrons. The average molecular weight is 599 g/mol. The number of aromatic nitrogens is 2. The minimum atomic E-state index is -0.863. The van der Waals surface area contributed by atoms with E-state index in [-0.39, 0.29) is 27.8 Å². The maximum absolute atomic E-state index is 14.1. The van der Waals surface area contributed by atoms with Crippen molar-refractivity contribution in [2.75, 3.05) is 4.90 Å². The standard InChI is InChI=1S/C35H30N6O4/c1-21-27(19-36)30(28(20-37)22(2)38-21)25-16-17-29-26(18-25)31(39-41(29)34(44)45-35(3,4)5)40(32(42)23-12-8-6-9-13-23)33(43)24-14-10-7-11-15-24/h6-18,30,38H,1-5H3. The van der Waals surface area contributed by atoms with E-state index >= 15 is 0 Å². The number of carbonyl (C=O) groups excluding carboxylic acids is 3. The van der Waals surface area contributed by atoms with Crippen LogP contribution in [-0.2, 0) is 4.74 Å². The lowest BCUT2D eigenvalue weighted by Crippen LogP contribution is -2.38. The van der Waals surface area contributed by atoms with Crippen LogP contribution in [0.1, 0.15) is 66.8 Å². The highest BCUT2D eigenvalue weighted by Crippen LogP contribution is 2.40. The van der Waals surface area contributed by atoms with E-state index in [2.05, 4.69) is 22.6 Å². The molecular weight excluding hydrogens is 568 g/mol. The molecule has 1 aliphatic rings. The number of benzene rings is 3. The van der Waals surface area contributed by atoms with E-state index in [1.165, 1.54) is 0 Å². The molecule has 0 radical (unpaired) electrons. The monoisotopic (exact) mass is 598 g/mol. The molecule has 0 saturated heterocycles. The molecule has 10 nitrogen and oxygen atoms in total. The third-order valence-electron chi connectivity index (χ3n) is 7.24. The van der Waals surface area contributed by atoms with Gasteiger partial charge in [-0.2, -0.15) is 15.2 Å². The number of nitriles is 2. The van der Waals surface area contributed by atoms with Gasteiger partial charge in [-0.25, -0.2) is 9.69 Å². The van der Waals surface area contributed by atoms with Crippen LogP contribution in [0.15, 0.2) is 101 Å². The molecule has 0 bridgehead atoms. The van der Waals surface area contributed by atoms with Crippen molar-refractivity contribution < 1.29 is 19.1 Å². The molecule has 1 aromatic heterocycles. The van der Waals surface area contributed by atoms with Gasteiger partial charge in [-0.1, -0.05) is 42.5 Å². The summed E-state index contributed by atoms with van der Waals surface area (Å²) in [6.45, 7) is 8.66. The molecule has 2 heterocycles. The molecule has 1 N–H and O–H groups in total. The second kappa shape index (κ2) is 11.9. The lowest BCUT2D eigenvalue weighted by atomic mass is 9.81. The number of allylic oxidation sites excluding steroid dienone is 4. The molecule has 45 heavy (non-hydrogen) atoms. The second-order valence-corrected chi connectivity index (χ2v) is 11.5. The third kappa shape index (κ3) is 5.82. The van der Waals surface area contributed by atoms with E-state index in [1.54, 1.807) is 113 Å². The Bertz CT molecular complexity index is 1900. The molecule has 5 rings (SSSR count). The number of carbonyl (C=O) groups is 3. The summed E-state index contributed by atoms with van der Waals surface area (Å²) in [6.07, 6.45) is -0.811. The number of imide groups is 1. The van der Waals surface area contributed by atoms with Crippen LogP contribution in [0.2, 0.25) is 0 Å². The highest BCUT2D eigenvalue weighted by atomic mass is 16.6. The molecular formula is C35H30N6O4. The first-order valence-electron chi connectivity index (χ1n) is 14.2. The number of anilines is 1. The van der Waals surface area contributed by atoms with Gasteiger partial charge >= 0.3 is 6.09 Å². The summed E-state index contributed by atoms with van der Waals surface area (Å²) in [5, 5.41) is 28.0. The number of hydrogen-bond acceptors (Lipinski definition) is 8. The van der Waals surface area contributed by atoms with Gasteiger partial charge < -0.3 is 10.1 Å². The van der Waals surface area contributed by atoms with Crippen LogP contribution in [0.5, 0.6) is 0 Å². The fraction of sp³-hybridized carbons (Fsp3) is 0.200. The quantitative estimate of drug-likeness (QED) is 0.259. The van der Waals surface area contributed by atoms with Crippen LogP contribution in [-0.4, -0.2) is 33.3 Å². The molecule has 0 atom stereocenters. The largest absolute Gasteiger partial charge is 0.442 e. The van der Waals surface area contributed by atoms with Crippen LogP contribution in [0, 0.1) is 22.7 Å². The number of nitrogens with zero attached hydrogens (tertiary/aromatic N) is 5. The van der Waals surface area contributed by atoms with Gasteiger partial charge in [-0.15, -0.1) is 5.10 Å². The van der Waals surface area contributed by atoms with E-state index in [4.69, 9.17) is 4.74 Å². The lowest BCUT2D eigenvalue weighted by molar-refractivity contribution is 0.0521. The smallest absolute Gasteiger partial charge is 0.435 e. The predicted molar refractivity (Wildman–Crippen MR) is 168 cm³/mol. The molecule has 2 amide bonds. The van der Waals surface area contributed by atoms with E-state index in [9.17, 15) is 24.9 Å². The van der Waals surface area contributed by atoms with Gasteiger partial charge in [0.1, 0.15) is 5.60 Å². The number of fused-ring (bicyclic) bond motifs is 1. The summed E-state index contributed by atoms with van der Waals surface area (Å²) in [5.74, 6) is -2.15. The van der Waals surface area contributed by atoms with Gasteiger partial charge in [0.2, 0.25) is 0 Å². The summed E-state index contributed by atoms with van der Waals surface area (Å²) in [7, 11) is 0. The number of amides is 2. The Morgan fingerprint density at radius 2 is 1.36 bits per heavy atom. The SMILES string of the molecule is CC1=C(C#N)C(c2ccc3c(c2)c(N(C(=O)c2ccccc2)C(=O)c2ccccc2)nn3C(=O)OC(C)(C)C)C(C#N)=C(C)N1. The van der Waals surface area contributed by atoms with Crippen LogP contribution in [0.4, 0.5) is 10.6 Å². The van der Waals surface area contributed by atoms with Gasteiger partial charge in [-0.3, -0.25) is 9.59 Å². The highest BCUT2D eigenvalue weighted by molar-refractivity contribution is 6.27. The molecule has 1 aliphatic heterocycles. The summed E-state index contributed by atoms with van der Waals surface area (Å²) in [6, 6.07) is 26.0. The zero-order chi connectivity index (χ0) is 32.5. The first-order chi connectivity index (χ1) is 21.4. The molecule has 10 heteroatoms. The summed E-state index contributed by atoms with van der Waals surface area (Å²) >= 11 is 0. The van der Waals surface area contributed by atoms with E-state index < -0.39 is 29.4 Å². The maximum Gasteiger partial charge on any atom is 0.435 e. The van der Waals surface area contributed by atoms with Gasteiger partial charge in [0.05, 0.1) is 34.7 Å². The normalized spacial score (nSPS) is 13.6. The van der Waals surface area contributed by atoms with Gasteiger partial charge in [-0.05, 0) is 76.6 Å². The molecule has 0 fully saturated rings. The Morgan fingerprint density at radius 1 is 0.844 bits per heavy atom. The van der Waals surface area contributed by atoms with Crippen molar-refractivity contribution >= 4 is 34.6 Å². The zero-order valence-electron chi connectivity index (χ0n) is 25.5. The second-order valence-electron chi connectivity index (χ2n) is 11.5. The van der Waals surface area contributed by atoms with E-state index in [1.807, 2.05) is 0 Å². The van der Waals surface area contributed by atoms with Crippen molar-refractivity contribution in [3.05, 3.63) is 118 Å². The Labute approximate surface area is 260 Å². The Morgan fingerprint density at radius 3 is 1.82 bits per heavy atom. The Kier molecular flexibility index (Phi) is 8.08. The van der Waals surface area contributed by atoms with Crippen molar-refractivity contribution in [1.82, 2.24) is 15.1 Å². The Hall–Kier alpha value is -6.00. The number of hydrogen-bond donors (Lipinski definition) is 1. The summed E-state index contributed by atoms with van der Waals surface area (Å²) in [4.78, 5) is 42.6. The minimum Gasteiger partial charge on any atom is -0.442 e. The average Bonchev–Trinajstić information content (AvgIpc) is 3.39. The molecule has 3 aromatic carbocycles. The zero-order valence-corrected chi connectivity index (χ0v) is 25.5. The van der Waals surface area contributed by atoms with E-state index in [0.717, 1.165) is 9.58 Å². The van der Waals surface area contributed by atoms with Crippen molar-refractivity contribution in [3.8, 4) is 12.1 Å². The first-order valence-corrected chi connectivity index (χ1v) is 14.2. The van der Waals surface area contributed by atoms with Crippen LogP contribution in [0.3, 0.4) is 0 Å². The highest BCUT2D eigenvalue weighted by Gasteiger charge is 2.34. The maximum atomic E-state index is 14.1. The van der Waals surface area contributed by atoms with Crippen molar-refractivity contribution in [2.24, 2.45) is 0 Å². The molecule has 0 saturated carbocycles. The number of nitrogens with one attached hydrogen (secondary N) is 1. The van der Waals surface area contributed by atoms with Crippen molar-refractivity contribution in [2.45, 2.75) is 46.1 Å². The van der Waals surface area contributed by atoms with Crippen molar-refractivity contribution in [1.29, 1.82) is 10.5 Å². The van der Waals surface area contributed by atoms with E-state index in [0.29, 0.717) is 28.1 Å². The van der Waals surface area contributed by atoms with Crippen LogP contribution < -0.4 is 10.2 Å². The fourth-order valence-electron chi connectivity index (χ4n) is 5.24. The first kappa shape index (κ1) is 30.5. The number of dihydropyridines is 1. The summed E-state index contributed by atoms with van der Waals surface area (Å²) in [5.41, 5.74) is 2.29. The van der Waals surface area contributed by atoms with Crippen LogP contribution >= 0.6 is 0 Å². The molecule has 0 spiro atoms. The molecule has 0 unspecified atom stereocenters. The van der Waals surface area contributed by atoms with Gasteiger partial charge in [0.25, 0.3) is 11.8 Å². The number of rotatable bonds is 4. The topological polar surface area (TPSA) is 141 Å². The fourth-order valence-corrected chi connectivity index (χ4v) is 5.24. The molecule has 0 aliphatic carbocycles. The number of ether oxygens (including phenoxy) is 1. The van der Waals surface area contributed by atoms with Gasteiger partial charge in [0, 0.05) is 27.9 Å². The van der Waals surface area contributed by atoms with Crippen LogP contribution in [0.25, 0.3) is 10.9 Å². The lowest BCUT2D eigenvalue weighted by Gasteiger charge is -2.26. The predicted octanol–water partition coefficient (Wildman–Crippen LogP) is 6.59. The molecule has 4 aromatic rings. The van der Waals surface area contributed by atoms with Crippen molar-refractivity contribution in [3.63, 3.8) is 0 Å². The summed E-state index contributed by atoms with van der Waals surface area (Å²) < 4.78 is 6.64.